The molecule has 1 atom stereocenters. The van der Waals surface area contributed by atoms with Crippen LogP contribution in [0.3, 0.4) is 0 Å². The number of carbonyl (C=O) groups is 2. The van der Waals surface area contributed by atoms with Gasteiger partial charge in [-0.15, -0.1) is 0 Å². The Morgan fingerprint density at radius 2 is 2.04 bits per heavy atom. The van der Waals surface area contributed by atoms with Gasteiger partial charge in [0.05, 0.1) is 5.75 Å². The lowest BCUT2D eigenvalue weighted by atomic mass is 10.1. The molecular formula is C17H24N2O5S. The molecule has 0 saturated carbocycles. The normalized spacial score (nSPS) is 12.9. The van der Waals surface area contributed by atoms with Gasteiger partial charge in [0.25, 0.3) is 5.91 Å². The monoisotopic (exact) mass is 368 g/mol. The van der Waals surface area contributed by atoms with Crippen molar-refractivity contribution < 1.29 is 23.1 Å². The first-order valence-electron chi connectivity index (χ1n) is 8.02. The molecular weight excluding hydrogens is 344 g/mol. The van der Waals surface area contributed by atoms with E-state index < -0.39 is 27.9 Å². The summed E-state index contributed by atoms with van der Waals surface area (Å²) in [5.41, 5.74) is 1.19. The molecule has 1 aromatic carbocycles. The van der Waals surface area contributed by atoms with Crippen LogP contribution >= 0.6 is 0 Å². The summed E-state index contributed by atoms with van der Waals surface area (Å²) in [5, 5.41) is 11.2. The van der Waals surface area contributed by atoms with Crippen molar-refractivity contribution in [3.63, 3.8) is 0 Å². The molecule has 0 aromatic heterocycles. The quantitative estimate of drug-likeness (QED) is 0.543. The Morgan fingerprint density at radius 1 is 1.32 bits per heavy atom. The SMILES string of the molecule is CCS(=O)(=O)NCCC/C=C\c1cccc(C(=O)N[C@H](C)C(=O)O)c1. The lowest BCUT2D eigenvalue weighted by Crippen LogP contribution is -2.38. The predicted molar refractivity (Wildman–Crippen MR) is 96.7 cm³/mol. The van der Waals surface area contributed by atoms with Gasteiger partial charge in [-0.25, -0.2) is 13.1 Å². The first-order valence-corrected chi connectivity index (χ1v) is 9.68. The maximum atomic E-state index is 12.0. The molecule has 1 rings (SSSR count). The number of rotatable bonds is 10. The second kappa shape index (κ2) is 9.95. The van der Waals surface area contributed by atoms with Crippen LogP contribution in [-0.4, -0.2) is 43.7 Å². The number of aliphatic carboxylic acids is 1. The van der Waals surface area contributed by atoms with Gasteiger partial charge in [-0.05, 0) is 44.4 Å². The van der Waals surface area contributed by atoms with Crippen LogP contribution in [0.15, 0.2) is 30.3 Å². The standard InChI is InChI=1S/C17H24N2O5S/c1-3-25(23,24)18-11-6-4-5-8-14-9-7-10-15(12-14)16(20)19-13(2)17(21)22/h5,7-10,12-13,18H,3-4,6,11H2,1-2H3,(H,19,20)(H,21,22)/b8-5-/t13-/m1/s1. The van der Waals surface area contributed by atoms with Gasteiger partial charge in [-0.2, -0.15) is 0 Å². The zero-order valence-electron chi connectivity index (χ0n) is 14.4. The molecule has 0 aliphatic carbocycles. The number of hydrogen-bond donors (Lipinski definition) is 3. The van der Waals surface area contributed by atoms with Crippen molar-refractivity contribution in [1.82, 2.24) is 10.0 Å². The zero-order chi connectivity index (χ0) is 18.9. The molecule has 0 fully saturated rings. The van der Waals surface area contributed by atoms with E-state index in [0.717, 1.165) is 5.56 Å². The molecule has 0 heterocycles. The first kappa shape index (κ1) is 20.9. The van der Waals surface area contributed by atoms with Gasteiger partial charge < -0.3 is 10.4 Å². The van der Waals surface area contributed by atoms with E-state index in [0.29, 0.717) is 24.9 Å². The maximum absolute atomic E-state index is 12.0. The predicted octanol–water partition coefficient (Wildman–Crippen LogP) is 1.62. The number of amides is 1. The summed E-state index contributed by atoms with van der Waals surface area (Å²) in [5.74, 6) is -1.47. The van der Waals surface area contributed by atoms with E-state index in [9.17, 15) is 18.0 Å². The largest absolute Gasteiger partial charge is 0.480 e. The van der Waals surface area contributed by atoms with Crippen LogP contribution in [0.5, 0.6) is 0 Å². The van der Waals surface area contributed by atoms with Crippen molar-refractivity contribution >= 4 is 28.0 Å². The van der Waals surface area contributed by atoms with Crippen molar-refractivity contribution in [2.24, 2.45) is 0 Å². The molecule has 0 aliphatic rings. The third-order valence-corrected chi connectivity index (χ3v) is 4.83. The fourth-order valence-corrected chi connectivity index (χ4v) is 2.55. The summed E-state index contributed by atoms with van der Waals surface area (Å²) < 4.78 is 25.0. The summed E-state index contributed by atoms with van der Waals surface area (Å²) in [4.78, 5) is 22.8. The highest BCUT2D eigenvalue weighted by Gasteiger charge is 2.15. The lowest BCUT2D eigenvalue weighted by Gasteiger charge is -2.09. The van der Waals surface area contributed by atoms with E-state index in [2.05, 4.69) is 10.0 Å². The second-order valence-corrected chi connectivity index (χ2v) is 7.60. The van der Waals surface area contributed by atoms with Crippen LogP contribution in [0.2, 0.25) is 0 Å². The molecule has 1 aromatic rings. The Bertz CT molecular complexity index is 728. The fraction of sp³-hybridized carbons (Fsp3) is 0.412. The molecule has 3 N–H and O–H groups in total. The topological polar surface area (TPSA) is 113 Å². The number of unbranched alkanes of at least 4 members (excludes halogenated alkanes) is 1. The minimum Gasteiger partial charge on any atom is -0.480 e. The number of carbonyl (C=O) groups excluding carboxylic acids is 1. The smallest absolute Gasteiger partial charge is 0.325 e. The first-order chi connectivity index (χ1) is 11.7. The van der Waals surface area contributed by atoms with E-state index >= 15 is 0 Å². The third kappa shape index (κ3) is 7.95. The highest BCUT2D eigenvalue weighted by atomic mass is 32.2. The van der Waals surface area contributed by atoms with Gasteiger partial charge >= 0.3 is 5.97 Å². The molecule has 7 nitrogen and oxygen atoms in total. The van der Waals surface area contributed by atoms with E-state index in [4.69, 9.17) is 5.11 Å². The molecule has 1 amide bonds. The van der Waals surface area contributed by atoms with Gasteiger partial charge in [0.2, 0.25) is 10.0 Å². The highest BCUT2D eigenvalue weighted by molar-refractivity contribution is 7.89. The Labute approximate surface area is 148 Å². The second-order valence-electron chi connectivity index (χ2n) is 5.50. The average Bonchev–Trinajstić information content (AvgIpc) is 2.58. The maximum Gasteiger partial charge on any atom is 0.325 e. The van der Waals surface area contributed by atoms with Gasteiger partial charge in [-0.1, -0.05) is 24.3 Å². The van der Waals surface area contributed by atoms with Crippen molar-refractivity contribution in [1.29, 1.82) is 0 Å². The molecule has 0 unspecified atom stereocenters. The molecule has 0 spiro atoms. The fourth-order valence-electron chi connectivity index (χ4n) is 1.89. The lowest BCUT2D eigenvalue weighted by molar-refractivity contribution is -0.138. The third-order valence-electron chi connectivity index (χ3n) is 3.43. The Balaban J connectivity index is 2.52. The minimum absolute atomic E-state index is 0.0676. The molecule has 0 radical (unpaired) electrons. The van der Waals surface area contributed by atoms with E-state index in [1.807, 2.05) is 18.2 Å². The number of benzene rings is 1. The van der Waals surface area contributed by atoms with Crippen molar-refractivity contribution in [3.8, 4) is 0 Å². The van der Waals surface area contributed by atoms with Gasteiger partial charge in [0.1, 0.15) is 6.04 Å². The van der Waals surface area contributed by atoms with Crippen LogP contribution in [0, 0.1) is 0 Å². The van der Waals surface area contributed by atoms with Crippen molar-refractivity contribution in [2.75, 3.05) is 12.3 Å². The average molecular weight is 368 g/mol. The van der Waals surface area contributed by atoms with E-state index in [-0.39, 0.29) is 5.75 Å². The van der Waals surface area contributed by atoms with E-state index in [1.54, 1.807) is 25.1 Å². The number of nitrogens with one attached hydrogen (secondary N) is 2. The Morgan fingerprint density at radius 3 is 2.68 bits per heavy atom. The number of sulfonamides is 1. The zero-order valence-corrected chi connectivity index (χ0v) is 15.2. The number of allylic oxidation sites excluding steroid dienone is 1. The number of carboxylic acid groups (broad SMARTS) is 1. The highest BCUT2D eigenvalue weighted by Crippen LogP contribution is 2.08. The summed E-state index contributed by atoms with van der Waals surface area (Å²) in [6, 6.07) is 5.86. The van der Waals surface area contributed by atoms with Crippen LogP contribution in [0.25, 0.3) is 6.08 Å². The minimum atomic E-state index is -3.15. The van der Waals surface area contributed by atoms with Crippen molar-refractivity contribution in [3.05, 3.63) is 41.5 Å². The molecule has 0 bridgehead atoms. The van der Waals surface area contributed by atoms with Crippen LogP contribution in [0.4, 0.5) is 0 Å². The van der Waals surface area contributed by atoms with Crippen LogP contribution < -0.4 is 10.0 Å². The molecule has 0 aliphatic heterocycles. The number of carboxylic acids is 1. The van der Waals surface area contributed by atoms with E-state index in [1.165, 1.54) is 6.92 Å². The van der Waals surface area contributed by atoms with Gasteiger partial charge in [-0.3, -0.25) is 9.59 Å². The van der Waals surface area contributed by atoms with Gasteiger partial charge in [0, 0.05) is 12.1 Å². The number of hydrogen-bond acceptors (Lipinski definition) is 4. The molecule has 25 heavy (non-hydrogen) atoms. The molecule has 138 valence electrons. The summed E-state index contributed by atoms with van der Waals surface area (Å²) in [6.45, 7) is 3.37. The molecule has 0 saturated heterocycles. The van der Waals surface area contributed by atoms with Gasteiger partial charge in [0.15, 0.2) is 0 Å². The molecule has 8 heteroatoms. The van der Waals surface area contributed by atoms with Crippen molar-refractivity contribution in [2.45, 2.75) is 32.7 Å². The Kier molecular flexibility index (Phi) is 8.30. The van der Waals surface area contributed by atoms with Crippen LogP contribution in [0.1, 0.15) is 42.6 Å². The van der Waals surface area contributed by atoms with Crippen LogP contribution in [-0.2, 0) is 14.8 Å². The summed E-state index contributed by atoms with van der Waals surface area (Å²) >= 11 is 0. The Hall–Kier alpha value is -2.19. The summed E-state index contributed by atoms with van der Waals surface area (Å²) in [7, 11) is -3.15. The summed E-state index contributed by atoms with van der Waals surface area (Å²) in [6.07, 6.45) is 5.10.